The van der Waals surface area contributed by atoms with Crippen molar-refractivity contribution >= 4 is 57.1 Å². The molecule has 8 heteroatoms. The number of thiocarbonyl (C=S) groups is 1. The van der Waals surface area contributed by atoms with Crippen molar-refractivity contribution in [3.63, 3.8) is 0 Å². The molecule has 1 aliphatic carbocycles. The van der Waals surface area contributed by atoms with Crippen LogP contribution < -0.4 is 5.32 Å². The molecule has 1 aromatic carbocycles. The van der Waals surface area contributed by atoms with E-state index in [-0.39, 0.29) is 24.5 Å². The number of hydrogen-bond acceptors (Lipinski definition) is 5. The highest BCUT2D eigenvalue weighted by atomic mass is 32.2. The summed E-state index contributed by atoms with van der Waals surface area (Å²) >= 11 is 6.87. The molecule has 3 fully saturated rings. The first-order valence-electron chi connectivity index (χ1n) is 12.3. The number of fused-ring (bicyclic) bond motifs is 1. The summed E-state index contributed by atoms with van der Waals surface area (Å²) in [7, 11) is 0. The minimum atomic E-state index is -0.0583. The van der Waals surface area contributed by atoms with E-state index in [4.69, 9.17) is 17.0 Å². The third-order valence-corrected chi connectivity index (χ3v) is 8.38. The van der Waals surface area contributed by atoms with E-state index in [1.807, 2.05) is 22.9 Å². The van der Waals surface area contributed by atoms with Crippen LogP contribution in [0, 0.1) is 0 Å². The van der Waals surface area contributed by atoms with E-state index in [9.17, 15) is 9.59 Å². The van der Waals surface area contributed by atoms with Crippen LogP contribution in [0.5, 0.6) is 0 Å². The van der Waals surface area contributed by atoms with Gasteiger partial charge in [0.1, 0.15) is 10.9 Å². The van der Waals surface area contributed by atoms with Crippen molar-refractivity contribution in [2.75, 3.05) is 13.2 Å². The summed E-state index contributed by atoms with van der Waals surface area (Å²) < 4.78 is 8.34. The minimum Gasteiger partial charge on any atom is -0.376 e. The van der Waals surface area contributed by atoms with Crippen LogP contribution in [0.2, 0.25) is 0 Å². The topological polar surface area (TPSA) is 63.6 Å². The van der Waals surface area contributed by atoms with Gasteiger partial charge in [0.25, 0.3) is 5.91 Å². The number of thioether (sulfide) groups is 1. The van der Waals surface area contributed by atoms with Crippen molar-refractivity contribution < 1.29 is 14.3 Å². The Morgan fingerprint density at radius 2 is 2.09 bits per heavy atom. The predicted octanol–water partition coefficient (Wildman–Crippen LogP) is 4.64. The number of aryl methyl sites for hydroxylation is 1. The van der Waals surface area contributed by atoms with Crippen LogP contribution in [0.25, 0.3) is 17.0 Å². The van der Waals surface area contributed by atoms with Gasteiger partial charge in [-0.2, -0.15) is 0 Å². The summed E-state index contributed by atoms with van der Waals surface area (Å²) in [6, 6.07) is 6.52. The van der Waals surface area contributed by atoms with Crippen LogP contribution in [0.4, 0.5) is 0 Å². The van der Waals surface area contributed by atoms with Crippen LogP contribution in [-0.2, 0) is 27.3 Å². The molecule has 6 nitrogen and oxygen atoms in total. The first-order chi connectivity index (χ1) is 16.5. The zero-order valence-corrected chi connectivity index (χ0v) is 21.2. The molecule has 0 spiro atoms. The van der Waals surface area contributed by atoms with Crippen LogP contribution >= 0.6 is 24.0 Å². The van der Waals surface area contributed by atoms with Crippen LogP contribution in [-0.4, -0.2) is 50.9 Å². The van der Waals surface area contributed by atoms with Gasteiger partial charge in [-0.3, -0.25) is 14.5 Å². The first kappa shape index (κ1) is 23.6. The summed E-state index contributed by atoms with van der Waals surface area (Å²) in [5.74, 6) is -0.0128. The number of aromatic nitrogens is 1. The molecule has 34 heavy (non-hydrogen) atoms. The summed E-state index contributed by atoms with van der Waals surface area (Å²) in [4.78, 5) is 28.3. The molecule has 3 aliphatic rings. The molecule has 2 saturated heterocycles. The average molecular weight is 498 g/mol. The monoisotopic (exact) mass is 497 g/mol. The Kier molecular flexibility index (Phi) is 7.09. The molecular weight excluding hydrogens is 466 g/mol. The van der Waals surface area contributed by atoms with Crippen LogP contribution in [0.15, 0.2) is 29.3 Å². The fourth-order valence-electron chi connectivity index (χ4n) is 5.28. The molecule has 1 saturated carbocycles. The molecule has 0 bridgehead atoms. The summed E-state index contributed by atoms with van der Waals surface area (Å²) in [6.45, 7) is 3.67. The van der Waals surface area contributed by atoms with E-state index in [0.717, 1.165) is 55.2 Å². The molecule has 0 unspecified atom stereocenters. The molecule has 2 amide bonds. The average Bonchev–Trinajstić information content (AvgIpc) is 3.62. The van der Waals surface area contributed by atoms with Gasteiger partial charge < -0.3 is 14.6 Å². The second-order valence-corrected chi connectivity index (χ2v) is 11.0. The second-order valence-electron chi connectivity index (χ2n) is 9.36. The minimum absolute atomic E-state index is 0.0455. The lowest BCUT2D eigenvalue weighted by molar-refractivity contribution is -0.123. The molecule has 1 atom stereocenters. The summed E-state index contributed by atoms with van der Waals surface area (Å²) in [5.41, 5.74) is 3.20. The van der Waals surface area contributed by atoms with Gasteiger partial charge in [-0.15, -0.1) is 0 Å². The van der Waals surface area contributed by atoms with Gasteiger partial charge in [-0.1, -0.05) is 61.9 Å². The Bertz CT molecular complexity index is 1140. The molecule has 2 aliphatic heterocycles. The number of amides is 2. The fourth-order valence-corrected chi connectivity index (χ4v) is 6.55. The van der Waals surface area contributed by atoms with Gasteiger partial charge in [-0.05, 0) is 43.7 Å². The maximum absolute atomic E-state index is 13.2. The lowest BCUT2D eigenvalue weighted by Gasteiger charge is -2.18. The van der Waals surface area contributed by atoms with Gasteiger partial charge in [0, 0.05) is 29.8 Å². The van der Waals surface area contributed by atoms with Crippen molar-refractivity contribution in [1.82, 2.24) is 14.8 Å². The largest absolute Gasteiger partial charge is 0.376 e. The molecule has 1 N–H and O–H groups in total. The number of carbonyl (C=O) groups excluding carboxylic acids is 2. The Balaban J connectivity index is 1.42. The van der Waals surface area contributed by atoms with Crippen molar-refractivity contribution in [2.24, 2.45) is 0 Å². The molecule has 180 valence electrons. The number of hydrogen-bond donors (Lipinski definition) is 1. The second kappa shape index (κ2) is 10.2. The van der Waals surface area contributed by atoms with Gasteiger partial charge in [0.15, 0.2) is 0 Å². The Morgan fingerprint density at radius 3 is 2.82 bits per heavy atom. The lowest BCUT2D eigenvalue weighted by atomic mass is 10.1. The quantitative estimate of drug-likeness (QED) is 0.446. The zero-order valence-electron chi connectivity index (χ0n) is 19.5. The van der Waals surface area contributed by atoms with E-state index in [0.29, 0.717) is 21.8 Å². The number of rotatable bonds is 7. The number of carbonyl (C=O) groups is 2. The van der Waals surface area contributed by atoms with Crippen LogP contribution in [0.3, 0.4) is 0 Å². The summed E-state index contributed by atoms with van der Waals surface area (Å²) in [6.07, 6.45) is 11.4. The SMILES string of the molecule is CCc1cccc2c(/C=C3\SC(=S)N(C[C@H]4CCCO4)C3=O)cn(CC(=O)NC3CCCC3)c12. The number of nitrogens with one attached hydrogen (secondary N) is 1. The van der Waals surface area contributed by atoms with E-state index >= 15 is 0 Å². The van der Waals surface area contributed by atoms with E-state index in [2.05, 4.69) is 24.4 Å². The maximum atomic E-state index is 13.2. The van der Waals surface area contributed by atoms with Gasteiger partial charge in [0.2, 0.25) is 5.91 Å². The zero-order chi connectivity index (χ0) is 23.7. The standard InChI is InChI=1S/C26H31N3O3S2/c1-2-17-7-5-11-21-18(14-28(24(17)21)16-23(30)27-19-8-3-4-9-19)13-22-25(31)29(26(33)34-22)15-20-10-6-12-32-20/h5,7,11,13-14,19-20H,2-4,6,8-10,12,15-16H2,1H3,(H,27,30)/b22-13-/t20-/m1/s1. The lowest BCUT2D eigenvalue weighted by Crippen LogP contribution is -2.35. The van der Waals surface area contributed by atoms with Crippen molar-refractivity contribution in [2.45, 2.75) is 70.6 Å². The fraction of sp³-hybridized carbons (Fsp3) is 0.500. The number of para-hydroxylation sites is 1. The highest BCUT2D eigenvalue weighted by molar-refractivity contribution is 8.26. The smallest absolute Gasteiger partial charge is 0.266 e. The van der Waals surface area contributed by atoms with Gasteiger partial charge in [0.05, 0.1) is 23.1 Å². The number of benzene rings is 1. The molecule has 2 aromatic rings. The van der Waals surface area contributed by atoms with Crippen molar-refractivity contribution in [3.8, 4) is 0 Å². The molecule has 1 aromatic heterocycles. The number of nitrogens with zero attached hydrogens (tertiary/aromatic N) is 2. The summed E-state index contributed by atoms with van der Waals surface area (Å²) in [5, 5.41) is 4.25. The highest BCUT2D eigenvalue weighted by Crippen LogP contribution is 2.36. The Hall–Kier alpha value is -2.16. The van der Waals surface area contributed by atoms with E-state index < -0.39 is 0 Å². The van der Waals surface area contributed by atoms with E-state index in [1.54, 1.807) is 4.90 Å². The van der Waals surface area contributed by atoms with Crippen molar-refractivity contribution in [3.05, 3.63) is 40.4 Å². The molecule has 5 rings (SSSR count). The third-order valence-electron chi connectivity index (χ3n) is 7.00. The normalized spacial score (nSPS) is 22.6. The van der Waals surface area contributed by atoms with Gasteiger partial charge >= 0.3 is 0 Å². The predicted molar refractivity (Wildman–Crippen MR) is 141 cm³/mol. The van der Waals surface area contributed by atoms with Gasteiger partial charge in [-0.25, -0.2) is 0 Å². The van der Waals surface area contributed by atoms with Crippen molar-refractivity contribution in [1.29, 1.82) is 0 Å². The Labute approximate surface area is 210 Å². The first-order valence-corrected chi connectivity index (χ1v) is 13.5. The molecule has 0 radical (unpaired) electrons. The van der Waals surface area contributed by atoms with Crippen LogP contribution in [0.1, 0.15) is 56.6 Å². The highest BCUT2D eigenvalue weighted by Gasteiger charge is 2.34. The molecular formula is C26H31N3O3S2. The number of ether oxygens (including phenoxy) is 1. The third kappa shape index (κ3) is 4.81. The van der Waals surface area contributed by atoms with E-state index in [1.165, 1.54) is 30.2 Å². The Morgan fingerprint density at radius 1 is 1.26 bits per heavy atom. The maximum Gasteiger partial charge on any atom is 0.266 e. The molecule has 3 heterocycles.